The van der Waals surface area contributed by atoms with Crippen LogP contribution >= 0.6 is 11.6 Å². The fraction of sp³-hybridized carbons (Fsp3) is 0.391. The van der Waals surface area contributed by atoms with Gasteiger partial charge in [0.2, 0.25) is 5.91 Å². The zero-order valence-electron chi connectivity index (χ0n) is 17.5. The highest BCUT2D eigenvalue weighted by atomic mass is 35.5. The second kappa shape index (κ2) is 7.90. The summed E-state index contributed by atoms with van der Waals surface area (Å²) in [6.07, 6.45) is -1.36. The molecule has 2 aromatic carbocycles. The van der Waals surface area contributed by atoms with Crippen molar-refractivity contribution in [1.82, 2.24) is 4.98 Å². The molecule has 0 unspecified atom stereocenters. The SMILES string of the molecule is O=C1CCCC2(CCN(c3nc4ccc(C(F)(F)F)cc4o3)CC2)N1c1ccc(Cl)c(F)c1. The van der Waals surface area contributed by atoms with Gasteiger partial charge in [-0.1, -0.05) is 11.6 Å². The van der Waals surface area contributed by atoms with Gasteiger partial charge in [0.05, 0.1) is 16.1 Å². The van der Waals surface area contributed by atoms with Crippen LogP contribution < -0.4 is 9.80 Å². The zero-order chi connectivity index (χ0) is 23.4. The Morgan fingerprint density at radius 3 is 2.52 bits per heavy atom. The molecule has 5 rings (SSSR count). The molecule has 0 aliphatic carbocycles. The second-order valence-electron chi connectivity index (χ2n) is 8.57. The fourth-order valence-corrected chi connectivity index (χ4v) is 5.03. The number of piperidine rings is 2. The number of fused-ring (bicyclic) bond motifs is 1. The van der Waals surface area contributed by atoms with Crippen molar-refractivity contribution >= 4 is 40.3 Å². The number of halogens is 5. The molecule has 0 N–H and O–H groups in total. The second-order valence-corrected chi connectivity index (χ2v) is 8.98. The Bertz CT molecular complexity index is 1220. The molecule has 2 aliphatic rings. The quantitative estimate of drug-likeness (QED) is 0.409. The predicted octanol–water partition coefficient (Wildman–Crippen LogP) is 6.20. The summed E-state index contributed by atoms with van der Waals surface area (Å²) in [5.74, 6) is -0.636. The van der Waals surface area contributed by atoms with Gasteiger partial charge in [0, 0.05) is 25.2 Å². The van der Waals surface area contributed by atoms with E-state index in [0.717, 1.165) is 25.0 Å². The van der Waals surface area contributed by atoms with Crippen molar-refractivity contribution in [3.8, 4) is 0 Å². The summed E-state index contributed by atoms with van der Waals surface area (Å²) in [7, 11) is 0. The molecule has 2 aliphatic heterocycles. The molecule has 1 spiro atoms. The van der Waals surface area contributed by atoms with Crippen molar-refractivity contribution in [3.05, 3.63) is 52.8 Å². The molecule has 3 aromatic rings. The van der Waals surface area contributed by atoms with Crippen LogP contribution in [0, 0.1) is 5.82 Å². The zero-order valence-corrected chi connectivity index (χ0v) is 18.2. The van der Waals surface area contributed by atoms with Gasteiger partial charge in [0.1, 0.15) is 11.3 Å². The van der Waals surface area contributed by atoms with Gasteiger partial charge in [-0.15, -0.1) is 0 Å². The van der Waals surface area contributed by atoms with E-state index in [4.69, 9.17) is 16.0 Å². The Balaban J connectivity index is 1.39. The molecule has 0 atom stereocenters. The summed E-state index contributed by atoms with van der Waals surface area (Å²) in [6, 6.07) is 7.88. The summed E-state index contributed by atoms with van der Waals surface area (Å²) in [4.78, 5) is 20.8. The third kappa shape index (κ3) is 3.92. The van der Waals surface area contributed by atoms with E-state index in [1.807, 2.05) is 4.90 Å². The number of anilines is 2. The first-order valence-corrected chi connectivity index (χ1v) is 11.0. The molecule has 0 radical (unpaired) electrons. The number of hydrogen-bond acceptors (Lipinski definition) is 4. The molecule has 2 fully saturated rings. The largest absolute Gasteiger partial charge is 0.423 e. The first-order valence-electron chi connectivity index (χ1n) is 10.7. The van der Waals surface area contributed by atoms with Crippen LogP contribution in [0.1, 0.15) is 37.7 Å². The Kier molecular flexibility index (Phi) is 5.27. The van der Waals surface area contributed by atoms with Crippen molar-refractivity contribution in [2.75, 3.05) is 22.9 Å². The smallest absolute Gasteiger partial charge is 0.416 e. The maximum Gasteiger partial charge on any atom is 0.416 e. The van der Waals surface area contributed by atoms with Gasteiger partial charge >= 0.3 is 6.18 Å². The minimum atomic E-state index is -4.46. The number of aromatic nitrogens is 1. The van der Waals surface area contributed by atoms with Gasteiger partial charge in [-0.05, 0) is 62.1 Å². The molecule has 174 valence electrons. The molecule has 2 saturated heterocycles. The number of nitrogens with zero attached hydrogens (tertiary/aromatic N) is 3. The molecule has 1 aromatic heterocycles. The fourth-order valence-electron chi connectivity index (χ4n) is 4.91. The first kappa shape index (κ1) is 22.0. The van der Waals surface area contributed by atoms with Gasteiger partial charge in [0.25, 0.3) is 6.01 Å². The highest BCUT2D eigenvalue weighted by molar-refractivity contribution is 6.30. The monoisotopic (exact) mass is 481 g/mol. The number of carbonyl (C=O) groups excluding carboxylic acids is 1. The van der Waals surface area contributed by atoms with Crippen LogP contribution in [0.3, 0.4) is 0 Å². The van der Waals surface area contributed by atoms with Crippen molar-refractivity contribution in [2.24, 2.45) is 0 Å². The Hall–Kier alpha value is -2.81. The lowest BCUT2D eigenvalue weighted by atomic mass is 9.78. The van der Waals surface area contributed by atoms with Gasteiger partial charge in [0.15, 0.2) is 5.58 Å². The number of alkyl halides is 3. The number of benzene rings is 2. The highest BCUT2D eigenvalue weighted by Crippen LogP contribution is 2.42. The van der Waals surface area contributed by atoms with E-state index >= 15 is 0 Å². The molecule has 3 heterocycles. The molecular weight excluding hydrogens is 462 g/mol. The van der Waals surface area contributed by atoms with E-state index in [-0.39, 0.29) is 22.5 Å². The lowest BCUT2D eigenvalue weighted by Gasteiger charge is -2.51. The molecule has 0 saturated carbocycles. The molecule has 5 nitrogen and oxygen atoms in total. The van der Waals surface area contributed by atoms with Crippen molar-refractivity contribution < 1.29 is 26.8 Å². The predicted molar refractivity (Wildman–Crippen MR) is 116 cm³/mol. The molecule has 1 amide bonds. The van der Waals surface area contributed by atoms with Crippen LogP contribution in [0.4, 0.5) is 29.3 Å². The van der Waals surface area contributed by atoms with Crippen LogP contribution in [0.2, 0.25) is 5.02 Å². The van der Waals surface area contributed by atoms with Crippen molar-refractivity contribution in [1.29, 1.82) is 0 Å². The van der Waals surface area contributed by atoms with Crippen LogP contribution in [-0.2, 0) is 11.0 Å². The maximum absolute atomic E-state index is 14.1. The first-order chi connectivity index (χ1) is 15.7. The topological polar surface area (TPSA) is 49.6 Å². The Morgan fingerprint density at radius 2 is 1.82 bits per heavy atom. The van der Waals surface area contributed by atoms with Crippen LogP contribution in [0.5, 0.6) is 0 Å². The van der Waals surface area contributed by atoms with Gasteiger partial charge in [-0.2, -0.15) is 18.2 Å². The standard InChI is InChI=1S/C23H20ClF4N3O2/c24-16-5-4-15(13-17(16)25)31-20(32)2-1-7-22(31)8-10-30(11-9-22)21-29-18-6-3-14(23(26,27)28)12-19(18)33-21/h3-6,12-13H,1-2,7-11H2. The van der Waals surface area contributed by atoms with Crippen molar-refractivity contribution in [3.63, 3.8) is 0 Å². The summed E-state index contributed by atoms with van der Waals surface area (Å²) >= 11 is 5.82. The normalized spacial score (nSPS) is 19.0. The lowest BCUT2D eigenvalue weighted by molar-refractivity contribution is -0.137. The summed E-state index contributed by atoms with van der Waals surface area (Å²) in [5, 5.41) is -0.00304. The third-order valence-electron chi connectivity index (χ3n) is 6.59. The van der Waals surface area contributed by atoms with Crippen LogP contribution in [0.15, 0.2) is 40.8 Å². The van der Waals surface area contributed by atoms with E-state index in [1.165, 1.54) is 18.2 Å². The highest BCUT2D eigenvalue weighted by Gasteiger charge is 2.46. The maximum atomic E-state index is 14.1. The average Bonchev–Trinajstić information content (AvgIpc) is 3.19. The molecular formula is C23H20ClF4N3O2. The third-order valence-corrected chi connectivity index (χ3v) is 6.89. The number of carbonyl (C=O) groups is 1. The summed E-state index contributed by atoms with van der Waals surface area (Å²) in [5.41, 5.74) is -0.351. The summed E-state index contributed by atoms with van der Waals surface area (Å²) < 4.78 is 58.8. The van der Waals surface area contributed by atoms with E-state index in [1.54, 1.807) is 11.0 Å². The lowest BCUT2D eigenvalue weighted by Crippen LogP contribution is -2.60. The molecule has 33 heavy (non-hydrogen) atoms. The van der Waals surface area contributed by atoms with E-state index < -0.39 is 23.1 Å². The van der Waals surface area contributed by atoms with Crippen LogP contribution in [-0.4, -0.2) is 29.5 Å². The number of hydrogen-bond donors (Lipinski definition) is 0. The minimum Gasteiger partial charge on any atom is -0.423 e. The van der Waals surface area contributed by atoms with Gasteiger partial charge < -0.3 is 14.2 Å². The van der Waals surface area contributed by atoms with Crippen LogP contribution in [0.25, 0.3) is 11.1 Å². The van der Waals surface area contributed by atoms with Gasteiger partial charge in [-0.25, -0.2) is 4.39 Å². The van der Waals surface area contributed by atoms with Gasteiger partial charge in [-0.3, -0.25) is 4.79 Å². The summed E-state index contributed by atoms with van der Waals surface area (Å²) in [6.45, 7) is 0.998. The average molecular weight is 482 g/mol. The number of rotatable bonds is 2. The molecule has 10 heteroatoms. The van der Waals surface area contributed by atoms with Crippen molar-refractivity contribution in [2.45, 2.75) is 43.8 Å². The van der Waals surface area contributed by atoms with E-state index in [0.29, 0.717) is 43.6 Å². The number of oxazole rings is 1. The molecule has 0 bridgehead atoms. The van der Waals surface area contributed by atoms with E-state index in [9.17, 15) is 22.4 Å². The Morgan fingerprint density at radius 1 is 1.06 bits per heavy atom. The van der Waals surface area contributed by atoms with E-state index in [2.05, 4.69) is 4.98 Å². The number of amides is 1. The Labute approximate surface area is 191 Å². The minimum absolute atomic E-state index is 0.00304.